The van der Waals surface area contributed by atoms with Crippen LogP contribution in [0.15, 0.2) is 12.2 Å². The monoisotopic (exact) mass is 170 g/mol. The van der Waals surface area contributed by atoms with Gasteiger partial charge in [-0.05, 0) is 24.7 Å². The lowest BCUT2D eigenvalue weighted by Crippen LogP contribution is -2.34. The van der Waals surface area contributed by atoms with Crippen LogP contribution in [-0.4, -0.2) is 22.4 Å². The van der Waals surface area contributed by atoms with Crippen LogP contribution < -0.4 is 0 Å². The Labute approximate surface area is 73.9 Å². The predicted octanol–water partition coefficient (Wildman–Crippen LogP) is 1.33. The Morgan fingerprint density at radius 3 is 2.58 bits per heavy atom. The molecule has 0 spiro atoms. The molecule has 1 aliphatic carbocycles. The van der Waals surface area contributed by atoms with Crippen LogP contribution in [0.5, 0.6) is 0 Å². The van der Waals surface area contributed by atoms with Gasteiger partial charge in [0.05, 0.1) is 6.61 Å². The van der Waals surface area contributed by atoms with Crippen LogP contribution >= 0.6 is 0 Å². The molecule has 0 radical (unpaired) electrons. The van der Waals surface area contributed by atoms with Crippen molar-refractivity contribution in [1.29, 1.82) is 0 Å². The first-order chi connectivity index (χ1) is 5.57. The minimum atomic E-state index is -0.939. The maximum atomic E-state index is 9.64. The molecule has 2 nitrogen and oxygen atoms in total. The van der Waals surface area contributed by atoms with E-state index in [-0.39, 0.29) is 6.61 Å². The van der Waals surface area contributed by atoms with E-state index in [0.29, 0.717) is 18.3 Å². The first kappa shape index (κ1) is 9.75. The summed E-state index contributed by atoms with van der Waals surface area (Å²) in [5.41, 5.74) is -0.939. The molecule has 2 atom stereocenters. The highest BCUT2D eigenvalue weighted by molar-refractivity contribution is 5.08. The van der Waals surface area contributed by atoms with Crippen LogP contribution in [0, 0.1) is 11.8 Å². The van der Waals surface area contributed by atoms with E-state index in [1.807, 2.05) is 6.08 Å². The molecule has 0 aromatic rings. The van der Waals surface area contributed by atoms with E-state index >= 15 is 0 Å². The standard InChI is InChI=1S/C10H18O2/c1-8(2)9-3-5-10(12,7-11)6-4-9/h3,5,8-9,11-12H,4,6-7H2,1-2H3. The number of aliphatic hydroxyl groups is 2. The highest BCUT2D eigenvalue weighted by Crippen LogP contribution is 2.29. The Morgan fingerprint density at radius 1 is 1.58 bits per heavy atom. The summed E-state index contributed by atoms with van der Waals surface area (Å²) in [6, 6.07) is 0. The van der Waals surface area contributed by atoms with Crippen molar-refractivity contribution in [2.45, 2.75) is 32.3 Å². The second-order valence-corrected chi connectivity index (χ2v) is 4.07. The van der Waals surface area contributed by atoms with E-state index in [9.17, 15) is 5.11 Å². The number of rotatable bonds is 2. The third-order valence-corrected chi connectivity index (χ3v) is 2.69. The molecule has 0 heterocycles. The third-order valence-electron chi connectivity index (χ3n) is 2.69. The molecule has 1 aliphatic rings. The van der Waals surface area contributed by atoms with E-state index < -0.39 is 5.60 Å². The summed E-state index contributed by atoms with van der Waals surface area (Å²) in [6.07, 6.45) is 5.44. The second kappa shape index (κ2) is 3.58. The molecule has 1 rings (SSSR count). The predicted molar refractivity (Wildman–Crippen MR) is 48.7 cm³/mol. The van der Waals surface area contributed by atoms with Gasteiger partial charge in [-0.25, -0.2) is 0 Å². The maximum Gasteiger partial charge on any atom is 0.106 e. The molecule has 12 heavy (non-hydrogen) atoms. The van der Waals surface area contributed by atoms with Crippen molar-refractivity contribution >= 4 is 0 Å². The average molecular weight is 170 g/mol. The van der Waals surface area contributed by atoms with Gasteiger partial charge in [-0.1, -0.05) is 26.0 Å². The highest BCUT2D eigenvalue weighted by atomic mass is 16.3. The van der Waals surface area contributed by atoms with Gasteiger partial charge in [0.15, 0.2) is 0 Å². The van der Waals surface area contributed by atoms with Crippen molar-refractivity contribution in [3.8, 4) is 0 Å². The molecule has 0 bridgehead atoms. The fraction of sp³-hybridized carbons (Fsp3) is 0.800. The second-order valence-electron chi connectivity index (χ2n) is 4.07. The topological polar surface area (TPSA) is 40.5 Å². The number of hydrogen-bond acceptors (Lipinski definition) is 2. The summed E-state index contributed by atoms with van der Waals surface area (Å²) >= 11 is 0. The van der Waals surface area contributed by atoms with E-state index in [0.717, 1.165) is 6.42 Å². The fourth-order valence-electron chi connectivity index (χ4n) is 1.59. The van der Waals surface area contributed by atoms with Crippen molar-refractivity contribution in [3.05, 3.63) is 12.2 Å². The zero-order chi connectivity index (χ0) is 9.19. The minimum Gasteiger partial charge on any atom is -0.393 e. The number of hydrogen-bond donors (Lipinski definition) is 2. The van der Waals surface area contributed by atoms with Crippen LogP contribution in [0.2, 0.25) is 0 Å². The molecule has 0 amide bonds. The van der Waals surface area contributed by atoms with Gasteiger partial charge in [0.1, 0.15) is 5.60 Å². The summed E-state index contributed by atoms with van der Waals surface area (Å²) in [6.45, 7) is 4.20. The molecule has 0 aliphatic heterocycles. The molecular formula is C10H18O2. The van der Waals surface area contributed by atoms with Gasteiger partial charge in [0.2, 0.25) is 0 Å². The minimum absolute atomic E-state index is 0.158. The SMILES string of the molecule is CC(C)C1C=CC(O)(CO)CC1. The maximum absolute atomic E-state index is 9.64. The molecule has 2 heteroatoms. The lowest BCUT2D eigenvalue weighted by molar-refractivity contribution is 0.00956. The smallest absolute Gasteiger partial charge is 0.106 e. The van der Waals surface area contributed by atoms with Crippen LogP contribution in [0.25, 0.3) is 0 Å². The van der Waals surface area contributed by atoms with Gasteiger partial charge in [0.25, 0.3) is 0 Å². The molecule has 2 unspecified atom stereocenters. The van der Waals surface area contributed by atoms with Gasteiger partial charge in [-0.15, -0.1) is 0 Å². The van der Waals surface area contributed by atoms with Crippen molar-refractivity contribution in [2.24, 2.45) is 11.8 Å². The van der Waals surface area contributed by atoms with Gasteiger partial charge < -0.3 is 10.2 Å². The Hall–Kier alpha value is -0.340. The lowest BCUT2D eigenvalue weighted by atomic mass is 9.80. The quantitative estimate of drug-likeness (QED) is 0.614. The average Bonchev–Trinajstić information content (AvgIpc) is 2.05. The lowest BCUT2D eigenvalue weighted by Gasteiger charge is -2.30. The van der Waals surface area contributed by atoms with Crippen LogP contribution in [0.1, 0.15) is 26.7 Å². The summed E-state index contributed by atoms with van der Waals surface area (Å²) in [7, 11) is 0. The zero-order valence-corrected chi connectivity index (χ0v) is 7.83. The van der Waals surface area contributed by atoms with Crippen molar-refractivity contribution < 1.29 is 10.2 Å². The van der Waals surface area contributed by atoms with Crippen LogP contribution in [0.4, 0.5) is 0 Å². The van der Waals surface area contributed by atoms with Crippen molar-refractivity contribution in [3.63, 3.8) is 0 Å². The summed E-state index contributed by atoms with van der Waals surface area (Å²) in [5.74, 6) is 1.20. The third kappa shape index (κ3) is 2.08. The van der Waals surface area contributed by atoms with Gasteiger partial charge >= 0.3 is 0 Å². The first-order valence-electron chi connectivity index (χ1n) is 4.60. The summed E-state index contributed by atoms with van der Waals surface area (Å²) < 4.78 is 0. The molecule has 0 aromatic carbocycles. The summed E-state index contributed by atoms with van der Waals surface area (Å²) in [4.78, 5) is 0. The Morgan fingerprint density at radius 2 is 2.25 bits per heavy atom. The van der Waals surface area contributed by atoms with Crippen molar-refractivity contribution in [2.75, 3.05) is 6.61 Å². The van der Waals surface area contributed by atoms with Gasteiger partial charge in [0, 0.05) is 0 Å². The van der Waals surface area contributed by atoms with Crippen LogP contribution in [-0.2, 0) is 0 Å². The van der Waals surface area contributed by atoms with Crippen molar-refractivity contribution in [1.82, 2.24) is 0 Å². The molecule has 2 N–H and O–H groups in total. The molecule has 0 saturated carbocycles. The van der Waals surface area contributed by atoms with E-state index in [1.165, 1.54) is 0 Å². The molecular weight excluding hydrogens is 152 g/mol. The van der Waals surface area contributed by atoms with E-state index in [2.05, 4.69) is 13.8 Å². The van der Waals surface area contributed by atoms with Gasteiger partial charge in [-0.2, -0.15) is 0 Å². The Bertz CT molecular complexity index is 175. The van der Waals surface area contributed by atoms with Crippen LogP contribution in [0.3, 0.4) is 0 Å². The Kier molecular flexibility index (Phi) is 2.91. The molecule has 0 fully saturated rings. The highest BCUT2D eigenvalue weighted by Gasteiger charge is 2.28. The van der Waals surface area contributed by atoms with E-state index in [4.69, 9.17) is 5.11 Å². The molecule has 0 saturated heterocycles. The fourth-order valence-corrected chi connectivity index (χ4v) is 1.59. The van der Waals surface area contributed by atoms with E-state index in [1.54, 1.807) is 6.08 Å². The molecule has 70 valence electrons. The first-order valence-corrected chi connectivity index (χ1v) is 4.60. The number of aliphatic hydroxyl groups excluding tert-OH is 1. The van der Waals surface area contributed by atoms with Gasteiger partial charge in [-0.3, -0.25) is 0 Å². The molecule has 0 aromatic heterocycles. The zero-order valence-electron chi connectivity index (χ0n) is 7.83. The normalized spacial score (nSPS) is 35.9. The summed E-state index contributed by atoms with van der Waals surface area (Å²) in [5, 5.41) is 18.5. The number of allylic oxidation sites excluding steroid dienone is 1. The largest absolute Gasteiger partial charge is 0.393 e. The Balaban J connectivity index is 2.58.